The fourth-order valence-corrected chi connectivity index (χ4v) is 3.57. The zero-order chi connectivity index (χ0) is 22.4. The van der Waals surface area contributed by atoms with Gasteiger partial charge in [0.05, 0.1) is 5.02 Å². The van der Waals surface area contributed by atoms with Gasteiger partial charge in [-0.15, -0.1) is 0 Å². The van der Waals surface area contributed by atoms with Crippen LogP contribution in [0.4, 0.5) is 0 Å². The van der Waals surface area contributed by atoms with Crippen LogP contribution in [0.15, 0.2) is 36.4 Å². The van der Waals surface area contributed by atoms with E-state index in [-0.39, 0.29) is 30.1 Å². The first-order chi connectivity index (χ1) is 14.1. The molecule has 1 atom stereocenters. The van der Waals surface area contributed by atoms with Gasteiger partial charge in [0.1, 0.15) is 11.8 Å². The molecule has 0 aliphatic heterocycles. The molecule has 30 heavy (non-hydrogen) atoms. The van der Waals surface area contributed by atoms with Gasteiger partial charge in [-0.2, -0.15) is 0 Å². The summed E-state index contributed by atoms with van der Waals surface area (Å²) in [5.74, 6) is -0.371. The van der Waals surface area contributed by atoms with Crippen LogP contribution in [0.5, 0.6) is 5.75 Å². The predicted octanol–water partition coefficient (Wildman–Crippen LogP) is 5.62. The maximum Gasteiger partial charge on any atom is 0.261 e. The van der Waals surface area contributed by atoms with Crippen LogP contribution >= 0.6 is 46.4 Å². The Bertz CT molecular complexity index is 921. The number of ether oxygens (including phenoxy) is 1. The molecular formula is C21H22Cl4N2O3. The Morgan fingerprint density at radius 2 is 1.57 bits per heavy atom. The van der Waals surface area contributed by atoms with Crippen molar-refractivity contribution in [2.75, 3.05) is 6.61 Å². The van der Waals surface area contributed by atoms with E-state index >= 15 is 0 Å². The Kier molecular flexibility index (Phi) is 9.10. The van der Waals surface area contributed by atoms with E-state index in [1.165, 1.54) is 11.0 Å². The molecule has 0 radical (unpaired) electrons. The van der Waals surface area contributed by atoms with Crippen LogP contribution in [0, 0.1) is 0 Å². The largest absolute Gasteiger partial charge is 0.482 e. The van der Waals surface area contributed by atoms with Crippen molar-refractivity contribution in [1.82, 2.24) is 10.2 Å². The average molecular weight is 492 g/mol. The van der Waals surface area contributed by atoms with E-state index in [9.17, 15) is 9.59 Å². The van der Waals surface area contributed by atoms with Crippen LogP contribution in [-0.4, -0.2) is 35.4 Å². The fraction of sp³-hybridized carbons (Fsp3) is 0.333. The topological polar surface area (TPSA) is 58.6 Å². The first-order valence-corrected chi connectivity index (χ1v) is 10.7. The smallest absolute Gasteiger partial charge is 0.261 e. The van der Waals surface area contributed by atoms with Crippen molar-refractivity contribution in [2.45, 2.75) is 39.4 Å². The van der Waals surface area contributed by atoms with Gasteiger partial charge in [0, 0.05) is 27.7 Å². The van der Waals surface area contributed by atoms with E-state index < -0.39 is 11.9 Å². The third-order valence-electron chi connectivity index (χ3n) is 4.20. The second-order valence-electron chi connectivity index (χ2n) is 6.96. The Balaban J connectivity index is 2.22. The number of benzene rings is 2. The van der Waals surface area contributed by atoms with E-state index in [1.54, 1.807) is 37.3 Å². The zero-order valence-corrected chi connectivity index (χ0v) is 19.7. The van der Waals surface area contributed by atoms with Crippen molar-refractivity contribution in [3.8, 4) is 5.75 Å². The van der Waals surface area contributed by atoms with Crippen LogP contribution in [-0.2, 0) is 16.1 Å². The molecule has 9 heteroatoms. The Labute approximate surface area is 196 Å². The third kappa shape index (κ3) is 6.95. The summed E-state index contributed by atoms with van der Waals surface area (Å²) in [6.07, 6.45) is 0. The van der Waals surface area contributed by atoms with E-state index in [0.29, 0.717) is 26.4 Å². The van der Waals surface area contributed by atoms with Crippen molar-refractivity contribution in [2.24, 2.45) is 0 Å². The maximum absolute atomic E-state index is 13.0. The lowest BCUT2D eigenvalue weighted by atomic mass is 10.1. The molecule has 2 aromatic carbocycles. The number of carbonyl (C=O) groups excluding carboxylic acids is 2. The molecule has 0 aliphatic rings. The SMILES string of the molecule is CC(C)NC(=O)C(C)N(Cc1ccc(Cl)cc1Cl)C(=O)COc1ccc(Cl)cc1Cl. The molecule has 0 aromatic heterocycles. The normalized spacial score (nSPS) is 11.9. The molecule has 2 aromatic rings. The summed E-state index contributed by atoms with van der Waals surface area (Å²) in [6, 6.07) is 8.86. The quantitative estimate of drug-likeness (QED) is 0.521. The van der Waals surface area contributed by atoms with Crippen LogP contribution in [0.25, 0.3) is 0 Å². The van der Waals surface area contributed by atoms with Gasteiger partial charge in [0.15, 0.2) is 6.61 Å². The van der Waals surface area contributed by atoms with Crippen LogP contribution < -0.4 is 10.1 Å². The molecule has 0 saturated heterocycles. The molecule has 162 valence electrons. The Hall–Kier alpha value is -1.66. The average Bonchev–Trinajstić information content (AvgIpc) is 2.65. The highest BCUT2D eigenvalue weighted by atomic mass is 35.5. The summed E-state index contributed by atoms with van der Waals surface area (Å²) in [7, 11) is 0. The Morgan fingerprint density at radius 3 is 2.13 bits per heavy atom. The summed E-state index contributed by atoms with van der Waals surface area (Å²) >= 11 is 24.2. The van der Waals surface area contributed by atoms with E-state index in [0.717, 1.165) is 0 Å². The predicted molar refractivity (Wildman–Crippen MR) is 122 cm³/mol. The van der Waals surface area contributed by atoms with Crippen molar-refractivity contribution < 1.29 is 14.3 Å². The first kappa shape index (κ1) is 24.6. The molecule has 0 aliphatic carbocycles. The number of nitrogens with one attached hydrogen (secondary N) is 1. The van der Waals surface area contributed by atoms with Crippen molar-refractivity contribution in [3.05, 3.63) is 62.1 Å². The van der Waals surface area contributed by atoms with E-state index in [2.05, 4.69) is 5.32 Å². The minimum Gasteiger partial charge on any atom is -0.482 e. The number of halogens is 4. The lowest BCUT2D eigenvalue weighted by molar-refractivity contribution is -0.142. The highest BCUT2D eigenvalue weighted by Crippen LogP contribution is 2.28. The molecule has 1 N–H and O–H groups in total. The van der Waals surface area contributed by atoms with E-state index in [1.807, 2.05) is 13.8 Å². The lowest BCUT2D eigenvalue weighted by Gasteiger charge is -2.29. The molecule has 5 nitrogen and oxygen atoms in total. The molecular weight excluding hydrogens is 470 g/mol. The number of carbonyl (C=O) groups is 2. The molecule has 0 spiro atoms. The van der Waals surface area contributed by atoms with Crippen LogP contribution in [0.3, 0.4) is 0 Å². The van der Waals surface area contributed by atoms with Crippen molar-refractivity contribution in [1.29, 1.82) is 0 Å². The van der Waals surface area contributed by atoms with Gasteiger partial charge in [0.2, 0.25) is 5.91 Å². The van der Waals surface area contributed by atoms with Gasteiger partial charge in [0.25, 0.3) is 5.91 Å². The summed E-state index contributed by atoms with van der Waals surface area (Å²) in [5, 5.41) is 4.43. The van der Waals surface area contributed by atoms with Gasteiger partial charge in [-0.05, 0) is 56.7 Å². The second-order valence-corrected chi connectivity index (χ2v) is 8.65. The standard InChI is InChI=1S/C21H22Cl4N2O3/c1-12(2)26-21(29)13(3)27(10-14-4-5-15(22)8-17(14)24)20(28)11-30-19-7-6-16(23)9-18(19)25/h4-9,12-13H,10-11H2,1-3H3,(H,26,29). The molecule has 0 bridgehead atoms. The first-order valence-electron chi connectivity index (χ1n) is 9.20. The van der Waals surface area contributed by atoms with Crippen molar-refractivity contribution in [3.63, 3.8) is 0 Å². The molecule has 0 heterocycles. The monoisotopic (exact) mass is 490 g/mol. The number of nitrogens with zero attached hydrogens (tertiary/aromatic N) is 1. The van der Waals surface area contributed by atoms with Gasteiger partial charge < -0.3 is 15.0 Å². The highest BCUT2D eigenvalue weighted by molar-refractivity contribution is 6.35. The Morgan fingerprint density at radius 1 is 0.967 bits per heavy atom. The number of hydrogen-bond donors (Lipinski definition) is 1. The lowest BCUT2D eigenvalue weighted by Crippen LogP contribution is -2.50. The molecule has 0 saturated carbocycles. The molecule has 2 amide bonds. The van der Waals surface area contributed by atoms with Gasteiger partial charge in [-0.25, -0.2) is 0 Å². The summed E-state index contributed by atoms with van der Waals surface area (Å²) < 4.78 is 5.57. The summed E-state index contributed by atoms with van der Waals surface area (Å²) in [5.41, 5.74) is 0.656. The minimum absolute atomic E-state index is 0.0693. The van der Waals surface area contributed by atoms with Gasteiger partial charge in [-0.1, -0.05) is 52.5 Å². The molecule has 1 unspecified atom stereocenters. The van der Waals surface area contributed by atoms with Crippen LogP contribution in [0.2, 0.25) is 20.1 Å². The third-order valence-corrected chi connectivity index (χ3v) is 5.32. The van der Waals surface area contributed by atoms with Crippen LogP contribution in [0.1, 0.15) is 26.3 Å². The minimum atomic E-state index is -0.754. The van der Waals surface area contributed by atoms with Crippen molar-refractivity contribution >= 4 is 58.2 Å². The maximum atomic E-state index is 13.0. The highest BCUT2D eigenvalue weighted by Gasteiger charge is 2.27. The number of rotatable bonds is 8. The van der Waals surface area contributed by atoms with E-state index in [4.69, 9.17) is 51.1 Å². The number of amides is 2. The van der Waals surface area contributed by atoms with Gasteiger partial charge >= 0.3 is 0 Å². The number of hydrogen-bond acceptors (Lipinski definition) is 3. The summed E-state index contributed by atoms with van der Waals surface area (Å²) in [6.45, 7) is 5.14. The van der Waals surface area contributed by atoms with Gasteiger partial charge in [-0.3, -0.25) is 9.59 Å². The fourth-order valence-electron chi connectivity index (χ4n) is 2.64. The molecule has 2 rings (SSSR count). The summed E-state index contributed by atoms with van der Waals surface area (Å²) in [4.78, 5) is 26.9. The zero-order valence-electron chi connectivity index (χ0n) is 16.7. The molecule has 0 fully saturated rings. The second kappa shape index (κ2) is 11.1.